The van der Waals surface area contributed by atoms with Gasteiger partial charge in [0, 0.05) is 6.54 Å². The van der Waals surface area contributed by atoms with E-state index in [4.69, 9.17) is 0 Å². The Morgan fingerprint density at radius 1 is 0.793 bits per heavy atom. The van der Waals surface area contributed by atoms with E-state index in [0.29, 0.717) is 6.54 Å². The van der Waals surface area contributed by atoms with Crippen molar-refractivity contribution in [2.24, 2.45) is 0 Å². The Labute approximate surface area is 180 Å². The number of hydrogen-bond donors (Lipinski definition) is 2. The van der Waals surface area contributed by atoms with Crippen molar-refractivity contribution in [3.05, 3.63) is 48.6 Å². The molecule has 29 heavy (non-hydrogen) atoms. The van der Waals surface area contributed by atoms with Gasteiger partial charge in [0.15, 0.2) is 0 Å². The molecule has 0 aromatic carbocycles. The van der Waals surface area contributed by atoms with E-state index < -0.39 is 5.60 Å². The number of amides is 1. The number of carbonyl (C=O) groups is 1. The topological polar surface area (TPSA) is 49.3 Å². The lowest BCUT2D eigenvalue weighted by Gasteiger charge is -2.28. The molecule has 0 aliphatic rings. The zero-order valence-electron chi connectivity index (χ0n) is 19.2. The maximum Gasteiger partial charge on any atom is 0.243 e. The Hall–Kier alpha value is -1.61. The van der Waals surface area contributed by atoms with Crippen LogP contribution in [0.1, 0.15) is 97.8 Å². The normalized spacial score (nSPS) is 14.5. The highest BCUT2D eigenvalue weighted by Gasteiger charge is 2.26. The van der Waals surface area contributed by atoms with Crippen LogP contribution in [0.25, 0.3) is 0 Å². The summed E-state index contributed by atoms with van der Waals surface area (Å²) >= 11 is 0. The van der Waals surface area contributed by atoms with Gasteiger partial charge in [0.1, 0.15) is 0 Å². The molecule has 2 N–H and O–H groups in total. The molecule has 166 valence electrons. The van der Waals surface area contributed by atoms with Gasteiger partial charge in [-0.15, -0.1) is 0 Å². The molecule has 1 atom stereocenters. The minimum absolute atomic E-state index is 0.110. The van der Waals surface area contributed by atoms with E-state index in [1.165, 1.54) is 12.8 Å². The Morgan fingerprint density at radius 3 is 2.03 bits per heavy atom. The molecule has 3 heteroatoms. The van der Waals surface area contributed by atoms with Crippen molar-refractivity contribution in [1.29, 1.82) is 0 Å². The third kappa shape index (κ3) is 18.2. The summed E-state index contributed by atoms with van der Waals surface area (Å²) in [6, 6.07) is 0. The molecule has 0 spiro atoms. The molecule has 0 aromatic heterocycles. The molecule has 0 saturated heterocycles. The second kappa shape index (κ2) is 19.7. The van der Waals surface area contributed by atoms with Crippen molar-refractivity contribution in [2.45, 2.75) is 103 Å². The van der Waals surface area contributed by atoms with E-state index in [2.05, 4.69) is 38.2 Å². The highest BCUT2D eigenvalue weighted by atomic mass is 16.3. The van der Waals surface area contributed by atoms with Gasteiger partial charge in [-0.1, -0.05) is 108 Å². The smallest absolute Gasteiger partial charge is 0.243 e. The van der Waals surface area contributed by atoms with Crippen LogP contribution in [0.4, 0.5) is 0 Å². The van der Waals surface area contributed by atoms with Gasteiger partial charge in [-0.3, -0.25) is 4.79 Å². The van der Waals surface area contributed by atoms with Gasteiger partial charge in [0.25, 0.3) is 0 Å². The second-order valence-corrected chi connectivity index (χ2v) is 7.84. The number of allylic oxidation sites excluding steroid dienone is 7. The molecule has 1 unspecified atom stereocenters. The molecule has 0 fully saturated rings. The van der Waals surface area contributed by atoms with Crippen LogP contribution in [0.2, 0.25) is 0 Å². The number of rotatable bonds is 18. The number of nitrogens with one attached hydrogen (secondary N) is 1. The van der Waals surface area contributed by atoms with Gasteiger partial charge in [-0.2, -0.15) is 0 Å². The molecule has 0 heterocycles. The SMILES string of the molecule is CCC=CC=CC=CCCC=CC(=O)NCC(O)(CCCCC)CCCCCC. The molecule has 0 saturated carbocycles. The van der Waals surface area contributed by atoms with Crippen LogP contribution in [-0.4, -0.2) is 23.2 Å². The van der Waals surface area contributed by atoms with E-state index in [-0.39, 0.29) is 5.91 Å². The van der Waals surface area contributed by atoms with Crippen molar-refractivity contribution in [2.75, 3.05) is 6.54 Å². The highest BCUT2D eigenvalue weighted by molar-refractivity contribution is 5.87. The lowest BCUT2D eigenvalue weighted by atomic mass is 9.90. The third-order valence-electron chi connectivity index (χ3n) is 4.94. The zero-order chi connectivity index (χ0) is 21.6. The fraction of sp³-hybridized carbons (Fsp3) is 0.654. The van der Waals surface area contributed by atoms with Gasteiger partial charge in [-0.25, -0.2) is 0 Å². The fourth-order valence-electron chi connectivity index (χ4n) is 3.10. The van der Waals surface area contributed by atoms with Crippen molar-refractivity contribution in [3.63, 3.8) is 0 Å². The van der Waals surface area contributed by atoms with Crippen LogP contribution in [0.5, 0.6) is 0 Å². The Bertz CT molecular complexity index is 505. The minimum Gasteiger partial charge on any atom is -0.388 e. The van der Waals surface area contributed by atoms with E-state index in [1.54, 1.807) is 6.08 Å². The maximum atomic E-state index is 12.1. The predicted octanol–water partition coefficient (Wildman–Crippen LogP) is 6.80. The van der Waals surface area contributed by atoms with Crippen molar-refractivity contribution in [3.8, 4) is 0 Å². The van der Waals surface area contributed by atoms with Crippen molar-refractivity contribution >= 4 is 5.91 Å². The zero-order valence-corrected chi connectivity index (χ0v) is 19.2. The number of unbranched alkanes of at least 4 members (excludes halogenated alkanes) is 6. The summed E-state index contributed by atoms with van der Waals surface area (Å²) in [4.78, 5) is 12.1. The molecule has 0 bridgehead atoms. The van der Waals surface area contributed by atoms with Gasteiger partial charge >= 0.3 is 0 Å². The largest absolute Gasteiger partial charge is 0.388 e. The summed E-state index contributed by atoms with van der Waals surface area (Å²) < 4.78 is 0. The third-order valence-corrected chi connectivity index (χ3v) is 4.94. The summed E-state index contributed by atoms with van der Waals surface area (Å²) in [5, 5.41) is 13.9. The quantitative estimate of drug-likeness (QED) is 0.150. The standard InChI is InChI=1S/C26H45NO2/c1-4-7-10-12-13-14-15-16-17-18-21-25(28)27-24-26(29,22-19-9-6-3)23-20-11-8-5-2/h7,10,12-15,18,21,29H,4-6,8-9,11,16-17,19-20,22-24H2,1-3H3,(H,27,28). The Balaban J connectivity index is 4.22. The molecular weight excluding hydrogens is 358 g/mol. The first-order chi connectivity index (χ1) is 14.1. The number of carbonyl (C=O) groups excluding carboxylic acids is 1. The molecule has 1 amide bonds. The first kappa shape index (κ1) is 27.4. The second-order valence-electron chi connectivity index (χ2n) is 7.84. The summed E-state index contributed by atoms with van der Waals surface area (Å²) in [5.74, 6) is -0.110. The van der Waals surface area contributed by atoms with E-state index in [0.717, 1.165) is 64.2 Å². The average molecular weight is 404 g/mol. The van der Waals surface area contributed by atoms with Gasteiger partial charge < -0.3 is 10.4 Å². The predicted molar refractivity (Wildman–Crippen MR) is 127 cm³/mol. The summed E-state index contributed by atoms with van der Waals surface area (Å²) in [5.41, 5.74) is -0.770. The molecule has 3 nitrogen and oxygen atoms in total. The van der Waals surface area contributed by atoms with Gasteiger partial charge in [0.05, 0.1) is 5.60 Å². The minimum atomic E-state index is -0.770. The Kier molecular flexibility index (Phi) is 18.6. The average Bonchev–Trinajstić information content (AvgIpc) is 2.71. The Morgan fingerprint density at radius 2 is 1.38 bits per heavy atom. The lowest BCUT2D eigenvalue weighted by molar-refractivity contribution is -0.118. The number of hydrogen-bond acceptors (Lipinski definition) is 2. The van der Waals surface area contributed by atoms with E-state index in [1.807, 2.05) is 30.4 Å². The molecule has 0 aliphatic heterocycles. The van der Waals surface area contributed by atoms with Crippen LogP contribution in [0.15, 0.2) is 48.6 Å². The molecule has 0 radical (unpaired) electrons. The van der Waals surface area contributed by atoms with Crippen LogP contribution in [0, 0.1) is 0 Å². The van der Waals surface area contributed by atoms with Crippen LogP contribution < -0.4 is 5.32 Å². The molecule has 0 aliphatic carbocycles. The monoisotopic (exact) mass is 403 g/mol. The summed E-state index contributed by atoms with van der Waals surface area (Å²) in [6.45, 7) is 6.82. The van der Waals surface area contributed by atoms with Crippen molar-refractivity contribution < 1.29 is 9.90 Å². The number of aliphatic hydroxyl groups is 1. The summed E-state index contributed by atoms with van der Waals surface area (Å²) in [7, 11) is 0. The maximum absolute atomic E-state index is 12.1. The van der Waals surface area contributed by atoms with Crippen LogP contribution in [0.3, 0.4) is 0 Å². The molecular formula is C26H45NO2. The van der Waals surface area contributed by atoms with Crippen LogP contribution >= 0.6 is 0 Å². The molecule has 0 rings (SSSR count). The fourth-order valence-corrected chi connectivity index (χ4v) is 3.10. The van der Waals surface area contributed by atoms with E-state index >= 15 is 0 Å². The summed E-state index contributed by atoms with van der Waals surface area (Å²) in [6.07, 6.45) is 28.0. The van der Waals surface area contributed by atoms with Crippen molar-refractivity contribution in [1.82, 2.24) is 5.32 Å². The first-order valence-corrected chi connectivity index (χ1v) is 11.7. The van der Waals surface area contributed by atoms with E-state index in [9.17, 15) is 9.90 Å². The highest BCUT2D eigenvalue weighted by Crippen LogP contribution is 2.22. The van der Waals surface area contributed by atoms with Crippen LogP contribution in [-0.2, 0) is 4.79 Å². The van der Waals surface area contributed by atoms with Gasteiger partial charge in [0.2, 0.25) is 5.91 Å². The lowest BCUT2D eigenvalue weighted by Crippen LogP contribution is -2.42. The van der Waals surface area contributed by atoms with Gasteiger partial charge in [-0.05, 0) is 38.2 Å². The first-order valence-electron chi connectivity index (χ1n) is 11.7. The molecule has 0 aromatic rings.